The lowest BCUT2D eigenvalue weighted by molar-refractivity contribution is -0.121. The van der Waals surface area contributed by atoms with Gasteiger partial charge in [0.1, 0.15) is 11.7 Å². The molecule has 4 N–H and O–H groups in total. The Kier molecular flexibility index (Phi) is 5.57. The first-order valence-corrected chi connectivity index (χ1v) is 6.00. The standard InChI is InChI=1S/C12H15ClFN3O2/c1-7(5-11(15)17-19)16-12(18)6-8-9(13)3-2-4-10(8)14/h2-4,7,19H,5-6H2,1H3,(H2,15,17)(H,16,18). The van der Waals surface area contributed by atoms with E-state index in [2.05, 4.69) is 10.5 Å². The molecule has 0 saturated heterocycles. The van der Waals surface area contributed by atoms with Gasteiger partial charge in [0, 0.05) is 23.0 Å². The van der Waals surface area contributed by atoms with Gasteiger partial charge in [-0.25, -0.2) is 4.39 Å². The van der Waals surface area contributed by atoms with Crippen molar-refractivity contribution in [2.75, 3.05) is 0 Å². The van der Waals surface area contributed by atoms with Gasteiger partial charge in [-0.1, -0.05) is 22.8 Å². The van der Waals surface area contributed by atoms with E-state index in [4.69, 9.17) is 22.5 Å². The highest BCUT2D eigenvalue weighted by Crippen LogP contribution is 2.19. The number of carbonyl (C=O) groups excluding carboxylic acids is 1. The summed E-state index contributed by atoms with van der Waals surface area (Å²) in [6, 6.07) is 3.91. The molecule has 0 fully saturated rings. The number of nitrogens with one attached hydrogen (secondary N) is 1. The number of benzene rings is 1. The minimum Gasteiger partial charge on any atom is -0.409 e. The first-order valence-electron chi connectivity index (χ1n) is 5.62. The smallest absolute Gasteiger partial charge is 0.224 e. The zero-order valence-electron chi connectivity index (χ0n) is 10.4. The second-order valence-electron chi connectivity index (χ2n) is 4.14. The number of carbonyl (C=O) groups is 1. The molecule has 1 atom stereocenters. The molecule has 0 radical (unpaired) electrons. The third-order valence-corrected chi connectivity index (χ3v) is 2.80. The fourth-order valence-corrected chi connectivity index (χ4v) is 1.82. The van der Waals surface area contributed by atoms with Gasteiger partial charge in [0.25, 0.3) is 0 Å². The van der Waals surface area contributed by atoms with Crippen LogP contribution in [0.4, 0.5) is 4.39 Å². The van der Waals surface area contributed by atoms with Crippen molar-refractivity contribution in [1.82, 2.24) is 5.32 Å². The van der Waals surface area contributed by atoms with Gasteiger partial charge in [0.05, 0.1) is 6.42 Å². The summed E-state index contributed by atoms with van der Waals surface area (Å²) in [4.78, 5) is 11.7. The molecule has 1 rings (SSSR count). The van der Waals surface area contributed by atoms with Gasteiger partial charge in [-0.3, -0.25) is 4.79 Å². The third kappa shape index (κ3) is 4.75. The number of hydrogen-bond donors (Lipinski definition) is 3. The molecule has 7 heteroatoms. The van der Waals surface area contributed by atoms with Gasteiger partial charge in [0.2, 0.25) is 5.91 Å². The van der Waals surface area contributed by atoms with E-state index < -0.39 is 5.82 Å². The molecule has 0 saturated carbocycles. The van der Waals surface area contributed by atoms with Crippen molar-refractivity contribution >= 4 is 23.3 Å². The van der Waals surface area contributed by atoms with E-state index in [0.717, 1.165) is 0 Å². The Morgan fingerprint density at radius 3 is 2.89 bits per heavy atom. The molecule has 0 spiro atoms. The number of hydrogen-bond acceptors (Lipinski definition) is 3. The predicted octanol–water partition coefficient (Wildman–Crippen LogP) is 1.66. The lowest BCUT2D eigenvalue weighted by Crippen LogP contribution is -2.36. The SMILES string of the molecule is CC(CC(N)=NO)NC(=O)Cc1c(F)cccc1Cl. The quantitative estimate of drug-likeness (QED) is 0.333. The Morgan fingerprint density at radius 2 is 2.32 bits per heavy atom. The van der Waals surface area contributed by atoms with E-state index in [1.165, 1.54) is 18.2 Å². The maximum absolute atomic E-state index is 13.5. The Morgan fingerprint density at radius 1 is 1.63 bits per heavy atom. The number of oxime groups is 1. The molecule has 0 aliphatic rings. The van der Waals surface area contributed by atoms with E-state index in [-0.39, 0.29) is 41.2 Å². The minimum absolute atomic E-state index is 0.0109. The molecule has 0 aliphatic carbocycles. The van der Waals surface area contributed by atoms with Crippen LogP contribution in [0.5, 0.6) is 0 Å². The van der Waals surface area contributed by atoms with Gasteiger partial charge in [0.15, 0.2) is 0 Å². The lowest BCUT2D eigenvalue weighted by Gasteiger charge is -2.13. The van der Waals surface area contributed by atoms with Gasteiger partial charge >= 0.3 is 0 Å². The second kappa shape index (κ2) is 6.94. The number of halogens is 2. The van der Waals surface area contributed by atoms with Crippen LogP contribution in [0.1, 0.15) is 18.9 Å². The van der Waals surface area contributed by atoms with Crippen LogP contribution in [-0.2, 0) is 11.2 Å². The van der Waals surface area contributed by atoms with Crippen molar-refractivity contribution in [3.05, 3.63) is 34.6 Å². The molecular formula is C12H15ClFN3O2. The van der Waals surface area contributed by atoms with Crippen LogP contribution in [0, 0.1) is 5.82 Å². The molecule has 1 aromatic carbocycles. The molecule has 0 aromatic heterocycles. The molecule has 104 valence electrons. The van der Waals surface area contributed by atoms with Gasteiger partial charge in [-0.2, -0.15) is 0 Å². The average Bonchev–Trinajstić information content (AvgIpc) is 2.33. The van der Waals surface area contributed by atoms with Crippen molar-refractivity contribution in [2.45, 2.75) is 25.8 Å². The van der Waals surface area contributed by atoms with Crippen molar-refractivity contribution in [1.29, 1.82) is 0 Å². The number of amidine groups is 1. The van der Waals surface area contributed by atoms with Crippen LogP contribution >= 0.6 is 11.6 Å². The van der Waals surface area contributed by atoms with Crippen LogP contribution in [0.25, 0.3) is 0 Å². The van der Waals surface area contributed by atoms with Crippen molar-refractivity contribution in [3.8, 4) is 0 Å². The highest BCUT2D eigenvalue weighted by Gasteiger charge is 2.14. The predicted molar refractivity (Wildman–Crippen MR) is 70.7 cm³/mol. The Balaban J connectivity index is 2.61. The van der Waals surface area contributed by atoms with Crippen LogP contribution < -0.4 is 11.1 Å². The maximum Gasteiger partial charge on any atom is 0.224 e. The van der Waals surface area contributed by atoms with E-state index in [1.807, 2.05) is 0 Å². The zero-order valence-corrected chi connectivity index (χ0v) is 11.1. The number of amides is 1. The molecular weight excluding hydrogens is 273 g/mol. The molecule has 0 aliphatic heterocycles. The Bertz CT molecular complexity index is 474. The largest absolute Gasteiger partial charge is 0.409 e. The van der Waals surface area contributed by atoms with Crippen molar-refractivity contribution in [2.24, 2.45) is 10.9 Å². The minimum atomic E-state index is -0.522. The van der Waals surface area contributed by atoms with Gasteiger partial charge < -0.3 is 16.3 Å². The normalized spacial score (nSPS) is 13.1. The second-order valence-corrected chi connectivity index (χ2v) is 4.55. The van der Waals surface area contributed by atoms with Crippen LogP contribution in [0.2, 0.25) is 5.02 Å². The summed E-state index contributed by atoms with van der Waals surface area (Å²) in [5, 5.41) is 14.0. The lowest BCUT2D eigenvalue weighted by atomic mass is 10.1. The molecule has 0 heterocycles. The molecule has 1 amide bonds. The summed E-state index contributed by atoms with van der Waals surface area (Å²) in [6.45, 7) is 1.69. The zero-order chi connectivity index (χ0) is 14.4. The molecule has 1 aromatic rings. The van der Waals surface area contributed by atoms with E-state index >= 15 is 0 Å². The Labute approximate surface area is 115 Å². The highest BCUT2D eigenvalue weighted by molar-refractivity contribution is 6.31. The van der Waals surface area contributed by atoms with Gasteiger partial charge in [-0.05, 0) is 19.1 Å². The van der Waals surface area contributed by atoms with Crippen LogP contribution in [0.15, 0.2) is 23.4 Å². The molecule has 5 nitrogen and oxygen atoms in total. The summed E-state index contributed by atoms with van der Waals surface area (Å²) in [7, 11) is 0. The summed E-state index contributed by atoms with van der Waals surface area (Å²) in [5.41, 5.74) is 5.47. The first-order chi connectivity index (χ1) is 8.93. The summed E-state index contributed by atoms with van der Waals surface area (Å²) >= 11 is 5.82. The average molecular weight is 288 g/mol. The molecule has 19 heavy (non-hydrogen) atoms. The van der Waals surface area contributed by atoms with E-state index in [1.54, 1.807) is 6.92 Å². The summed E-state index contributed by atoms with van der Waals surface area (Å²) in [5.74, 6) is -0.895. The van der Waals surface area contributed by atoms with E-state index in [9.17, 15) is 9.18 Å². The molecule has 0 bridgehead atoms. The van der Waals surface area contributed by atoms with E-state index in [0.29, 0.717) is 0 Å². The number of nitrogens with zero attached hydrogens (tertiary/aromatic N) is 1. The fourth-order valence-electron chi connectivity index (χ4n) is 1.59. The maximum atomic E-state index is 13.5. The number of rotatable bonds is 5. The van der Waals surface area contributed by atoms with Gasteiger partial charge in [-0.15, -0.1) is 0 Å². The summed E-state index contributed by atoms with van der Waals surface area (Å²) in [6.07, 6.45) is 0.0409. The number of nitrogens with two attached hydrogens (primary N) is 1. The topological polar surface area (TPSA) is 87.7 Å². The van der Waals surface area contributed by atoms with Crippen molar-refractivity contribution in [3.63, 3.8) is 0 Å². The van der Waals surface area contributed by atoms with Crippen LogP contribution in [-0.4, -0.2) is 23.0 Å². The van der Waals surface area contributed by atoms with Crippen molar-refractivity contribution < 1.29 is 14.4 Å². The highest BCUT2D eigenvalue weighted by atomic mass is 35.5. The third-order valence-electron chi connectivity index (χ3n) is 2.45. The monoisotopic (exact) mass is 287 g/mol. The molecule has 1 unspecified atom stereocenters. The Hall–Kier alpha value is -1.82. The van der Waals surface area contributed by atoms with Crippen LogP contribution in [0.3, 0.4) is 0 Å². The first kappa shape index (κ1) is 15.2. The fraction of sp³-hybridized carbons (Fsp3) is 0.333. The summed E-state index contributed by atoms with van der Waals surface area (Å²) < 4.78 is 13.5.